The van der Waals surface area contributed by atoms with Crippen molar-refractivity contribution in [3.63, 3.8) is 0 Å². The molecule has 0 radical (unpaired) electrons. The molecule has 0 rings (SSSR count). The molecule has 0 aromatic heterocycles. The fourth-order valence-electron chi connectivity index (χ4n) is 0.191. The molecule has 0 aromatic carbocycles. The van der Waals surface area contributed by atoms with Gasteiger partial charge in [0, 0.05) is 6.42 Å². The number of aliphatic imine (C=N–C) groups is 1. The fourth-order valence-corrected chi connectivity index (χ4v) is 0.191. The first-order valence-corrected chi connectivity index (χ1v) is 2.70. The minimum atomic E-state index is -0.452. The highest BCUT2D eigenvalue weighted by Gasteiger charge is 1.95. The number of rotatable bonds is 2. The van der Waals surface area contributed by atoms with E-state index in [1.807, 2.05) is 0 Å². The molecule has 0 aliphatic heterocycles. The lowest BCUT2D eigenvalue weighted by molar-refractivity contribution is -0.143. The summed E-state index contributed by atoms with van der Waals surface area (Å²) < 4.78 is 0. The monoisotopic (exact) mass is 143 g/mol. The van der Waals surface area contributed by atoms with Gasteiger partial charge in [0.2, 0.25) is 0 Å². The summed E-state index contributed by atoms with van der Waals surface area (Å²) in [6, 6.07) is 0. The minimum absolute atomic E-state index is 0.151. The van der Waals surface area contributed by atoms with Gasteiger partial charge in [-0.05, 0) is 11.9 Å². The lowest BCUT2D eigenvalue weighted by Crippen LogP contribution is -2.09. The van der Waals surface area contributed by atoms with Crippen molar-refractivity contribution >= 4 is 18.6 Å². The zero-order chi connectivity index (χ0) is 7.98. The minimum Gasteiger partial charge on any atom is -0.365 e. The molecule has 0 aliphatic carbocycles. The summed E-state index contributed by atoms with van der Waals surface area (Å²) in [5.41, 5.74) is 5.02. The molecule has 0 saturated carbocycles. The van der Waals surface area contributed by atoms with E-state index in [-0.39, 0.29) is 12.4 Å². The van der Waals surface area contributed by atoms with E-state index in [1.165, 1.54) is 0 Å². The largest absolute Gasteiger partial charge is 0.365 e. The third kappa shape index (κ3) is 3.59. The van der Waals surface area contributed by atoms with E-state index in [9.17, 15) is 4.79 Å². The van der Waals surface area contributed by atoms with Crippen molar-refractivity contribution in [3.8, 4) is 0 Å². The molecule has 10 heavy (non-hydrogen) atoms. The van der Waals surface area contributed by atoms with E-state index in [1.54, 1.807) is 6.92 Å². The van der Waals surface area contributed by atoms with Crippen molar-refractivity contribution in [1.29, 1.82) is 0 Å². The van der Waals surface area contributed by atoms with Crippen LogP contribution in [-0.2, 0) is 9.63 Å². The van der Waals surface area contributed by atoms with Gasteiger partial charge in [-0.25, -0.2) is 9.79 Å². The Morgan fingerprint density at radius 3 is 2.80 bits per heavy atom. The molecular formula is C5H9N3O2. The van der Waals surface area contributed by atoms with Crippen LogP contribution in [0.15, 0.2) is 10.1 Å². The molecule has 56 valence electrons. The number of guanidine groups is 1. The Kier molecular flexibility index (Phi) is 3.86. The van der Waals surface area contributed by atoms with Crippen LogP contribution >= 0.6 is 0 Å². The summed E-state index contributed by atoms with van der Waals surface area (Å²) in [6.07, 6.45) is 0.258. The van der Waals surface area contributed by atoms with Crippen LogP contribution in [0.2, 0.25) is 0 Å². The number of nitrogens with zero attached hydrogens (tertiary/aromatic N) is 2. The molecule has 0 fully saturated rings. The Morgan fingerprint density at radius 1 is 1.80 bits per heavy atom. The molecule has 5 heteroatoms. The third-order valence-corrected chi connectivity index (χ3v) is 0.692. The molecule has 0 spiro atoms. The Labute approximate surface area is 58.6 Å². The Balaban J connectivity index is 3.71. The zero-order valence-electron chi connectivity index (χ0n) is 5.70. The second kappa shape index (κ2) is 4.49. The summed E-state index contributed by atoms with van der Waals surface area (Å²) in [5.74, 6) is -0.603. The lowest BCUT2D eigenvalue weighted by Gasteiger charge is -1.91. The van der Waals surface area contributed by atoms with Crippen LogP contribution in [0.3, 0.4) is 0 Å². The van der Waals surface area contributed by atoms with Gasteiger partial charge < -0.3 is 10.6 Å². The molecule has 2 N–H and O–H groups in total. The van der Waals surface area contributed by atoms with Gasteiger partial charge >= 0.3 is 5.97 Å². The standard InChI is InChI=1S/C5H9N3O2/c1-3-4(9)10-8-5(6)7-2/h2-3H2,1H3,(H2,6,8). The summed E-state index contributed by atoms with van der Waals surface area (Å²) in [5, 5.41) is 3.13. The van der Waals surface area contributed by atoms with Crippen LogP contribution in [0.25, 0.3) is 0 Å². The molecule has 5 nitrogen and oxygen atoms in total. The maximum atomic E-state index is 10.4. The van der Waals surface area contributed by atoms with Crippen molar-refractivity contribution < 1.29 is 9.63 Å². The second-order valence-corrected chi connectivity index (χ2v) is 1.42. The maximum Gasteiger partial charge on any atom is 0.334 e. The number of hydrogen-bond donors (Lipinski definition) is 1. The smallest absolute Gasteiger partial charge is 0.334 e. The highest BCUT2D eigenvalue weighted by molar-refractivity contribution is 5.82. The molecular weight excluding hydrogens is 134 g/mol. The van der Waals surface area contributed by atoms with Gasteiger partial charge in [0.25, 0.3) is 5.96 Å². The predicted octanol–water partition coefficient (Wildman–Crippen LogP) is -0.130. The summed E-state index contributed by atoms with van der Waals surface area (Å²) in [4.78, 5) is 17.8. The third-order valence-electron chi connectivity index (χ3n) is 0.692. The number of hydrogen-bond acceptors (Lipinski definition) is 3. The van der Waals surface area contributed by atoms with E-state index in [0.29, 0.717) is 0 Å². The van der Waals surface area contributed by atoms with Crippen molar-refractivity contribution in [3.05, 3.63) is 0 Å². The quantitative estimate of drug-likeness (QED) is 0.253. The number of carbonyl (C=O) groups excluding carboxylic acids is 1. The van der Waals surface area contributed by atoms with Gasteiger partial charge in [0.1, 0.15) is 0 Å². The van der Waals surface area contributed by atoms with Crippen molar-refractivity contribution in [2.45, 2.75) is 13.3 Å². The van der Waals surface area contributed by atoms with Crippen LogP contribution in [0.4, 0.5) is 0 Å². The maximum absolute atomic E-state index is 10.4. The normalized spacial score (nSPS) is 10.7. The molecule has 0 heterocycles. The van der Waals surface area contributed by atoms with E-state index in [0.717, 1.165) is 0 Å². The molecule has 0 unspecified atom stereocenters. The predicted molar refractivity (Wildman–Crippen MR) is 37.6 cm³/mol. The van der Waals surface area contributed by atoms with Gasteiger partial charge in [-0.1, -0.05) is 6.92 Å². The highest BCUT2D eigenvalue weighted by atomic mass is 16.7. The lowest BCUT2D eigenvalue weighted by atomic mass is 10.5. The molecule has 0 aromatic rings. The van der Waals surface area contributed by atoms with Crippen LogP contribution in [0.1, 0.15) is 13.3 Å². The first-order chi connectivity index (χ1) is 4.70. The first kappa shape index (κ1) is 8.61. The van der Waals surface area contributed by atoms with E-state index < -0.39 is 5.97 Å². The number of carbonyl (C=O) groups is 1. The van der Waals surface area contributed by atoms with E-state index >= 15 is 0 Å². The molecule has 0 amide bonds. The molecule has 0 aliphatic rings. The van der Waals surface area contributed by atoms with Gasteiger partial charge in [-0.2, -0.15) is 0 Å². The topological polar surface area (TPSA) is 77.0 Å². The fraction of sp³-hybridized carbons (Fsp3) is 0.400. The highest BCUT2D eigenvalue weighted by Crippen LogP contribution is 1.84. The Morgan fingerprint density at radius 2 is 2.40 bits per heavy atom. The average molecular weight is 143 g/mol. The van der Waals surface area contributed by atoms with Crippen molar-refractivity contribution in [1.82, 2.24) is 0 Å². The zero-order valence-corrected chi connectivity index (χ0v) is 5.70. The van der Waals surface area contributed by atoms with Gasteiger partial charge in [-0.15, -0.1) is 0 Å². The summed E-state index contributed by atoms with van der Waals surface area (Å²) in [6.45, 7) is 4.72. The van der Waals surface area contributed by atoms with Crippen molar-refractivity contribution in [2.75, 3.05) is 0 Å². The number of nitrogens with two attached hydrogens (primary N) is 1. The van der Waals surface area contributed by atoms with Crippen LogP contribution in [0, 0.1) is 0 Å². The summed E-state index contributed by atoms with van der Waals surface area (Å²) in [7, 11) is 0. The average Bonchev–Trinajstić information content (AvgIpc) is 1.99. The SMILES string of the molecule is C=N/C(N)=N/OC(=O)CC. The Hall–Kier alpha value is -1.39. The Bertz CT molecular complexity index is 164. The number of oxime groups is 1. The van der Waals surface area contributed by atoms with Crippen LogP contribution < -0.4 is 5.73 Å². The van der Waals surface area contributed by atoms with Gasteiger partial charge in [-0.3, -0.25) is 0 Å². The molecule has 0 atom stereocenters. The van der Waals surface area contributed by atoms with E-state index in [2.05, 4.69) is 21.7 Å². The van der Waals surface area contributed by atoms with Crippen molar-refractivity contribution in [2.24, 2.45) is 15.9 Å². The van der Waals surface area contributed by atoms with Gasteiger partial charge in [0.15, 0.2) is 0 Å². The molecule has 0 saturated heterocycles. The molecule has 0 bridgehead atoms. The van der Waals surface area contributed by atoms with Crippen LogP contribution in [-0.4, -0.2) is 18.6 Å². The second-order valence-electron chi connectivity index (χ2n) is 1.42. The van der Waals surface area contributed by atoms with E-state index in [4.69, 9.17) is 5.73 Å². The first-order valence-electron chi connectivity index (χ1n) is 2.70. The van der Waals surface area contributed by atoms with Crippen LogP contribution in [0.5, 0.6) is 0 Å². The summed E-state index contributed by atoms with van der Waals surface area (Å²) >= 11 is 0. The van der Waals surface area contributed by atoms with Gasteiger partial charge in [0.05, 0.1) is 0 Å².